The topological polar surface area (TPSA) is 58.5 Å². The Hall–Kier alpha value is -3.67. The van der Waals surface area contributed by atoms with Crippen LogP contribution in [-0.2, 0) is 6.42 Å². The van der Waals surface area contributed by atoms with E-state index in [1.807, 2.05) is 49.5 Å². The van der Waals surface area contributed by atoms with E-state index in [9.17, 15) is 0 Å². The van der Waals surface area contributed by atoms with E-state index in [0.29, 0.717) is 23.8 Å². The molecule has 6 heteroatoms. The first-order valence-electron chi connectivity index (χ1n) is 10.4. The summed E-state index contributed by atoms with van der Waals surface area (Å²) in [5.41, 5.74) is 4.18. The number of nitrogens with zero attached hydrogens (tertiary/aromatic N) is 1. The molecule has 1 aliphatic heterocycles. The summed E-state index contributed by atoms with van der Waals surface area (Å²) in [6.07, 6.45) is 2.60. The molecule has 1 aliphatic rings. The summed E-state index contributed by atoms with van der Waals surface area (Å²) < 4.78 is 28.5. The average Bonchev–Trinajstić information content (AvgIpc) is 2.82. The van der Waals surface area contributed by atoms with Gasteiger partial charge >= 0.3 is 0 Å². The maximum atomic E-state index is 6.18. The van der Waals surface area contributed by atoms with E-state index in [2.05, 4.69) is 18.0 Å². The molecule has 166 valence electrons. The molecule has 0 unspecified atom stereocenters. The molecule has 6 nitrogen and oxygen atoms in total. The van der Waals surface area contributed by atoms with Crippen molar-refractivity contribution in [2.45, 2.75) is 20.3 Å². The molecule has 0 aliphatic carbocycles. The van der Waals surface area contributed by atoms with Crippen LogP contribution in [0.15, 0.2) is 47.5 Å². The van der Waals surface area contributed by atoms with E-state index in [-0.39, 0.29) is 0 Å². The SMILES string of the molecule is COc1cc(C=NCCc2cc(C)c3c(c2C)Oc2ccccc2O3)cc(OC)c1OC. The Bertz CT molecular complexity index is 1140. The van der Waals surface area contributed by atoms with Crippen LogP contribution >= 0.6 is 0 Å². The van der Waals surface area contributed by atoms with Crippen molar-refractivity contribution in [2.75, 3.05) is 27.9 Å². The molecule has 3 aromatic carbocycles. The minimum atomic E-state index is 0.566. The van der Waals surface area contributed by atoms with Crippen LogP contribution < -0.4 is 23.7 Å². The smallest absolute Gasteiger partial charge is 0.203 e. The lowest BCUT2D eigenvalue weighted by atomic mass is 10.00. The molecular weight excluding hydrogens is 406 g/mol. The van der Waals surface area contributed by atoms with Crippen LogP contribution in [0.5, 0.6) is 40.2 Å². The van der Waals surface area contributed by atoms with Crippen molar-refractivity contribution in [3.05, 3.63) is 64.7 Å². The molecule has 1 heterocycles. The second-order valence-electron chi connectivity index (χ2n) is 7.53. The number of para-hydroxylation sites is 2. The second-order valence-corrected chi connectivity index (χ2v) is 7.53. The zero-order valence-corrected chi connectivity index (χ0v) is 19.0. The summed E-state index contributed by atoms with van der Waals surface area (Å²) in [4.78, 5) is 4.61. The van der Waals surface area contributed by atoms with Gasteiger partial charge in [-0.25, -0.2) is 0 Å². The zero-order chi connectivity index (χ0) is 22.7. The minimum absolute atomic E-state index is 0.566. The normalized spacial score (nSPS) is 11.9. The first-order chi connectivity index (χ1) is 15.5. The van der Waals surface area contributed by atoms with Crippen molar-refractivity contribution in [3.63, 3.8) is 0 Å². The van der Waals surface area contributed by atoms with E-state index in [0.717, 1.165) is 46.1 Å². The highest BCUT2D eigenvalue weighted by Gasteiger charge is 2.23. The first kappa shape index (κ1) is 21.6. The summed E-state index contributed by atoms with van der Waals surface area (Å²) in [7, 11) is 4.79. The molecular formula is C26H27NO5. The number of ether oxygens (including phenoxy) is 5. The molecule has 0 saturated heterocycles. The van der Waals surface area contributed by atoms with Gasteiger partial charge in [-0.1, -0.05) is 18.2 Å². The predicted molar refractivity (Wildman–Crippen MR) is 125 cm³/mol. The van der Waals surface area contributed by atoms with E-state index < -0.39 is 0 Å². The van der Waals surface area contributed by atoms with Gasteiger partial charge in [0.1, 0.15) is 0 Å². The summed E-state index contributed by atoms with van der Waals surface area (Å²) in [6.45, 7) is 4.74. The highest BCUT2D eigenvalue weighted by molar-refractivity contribution is 5.82. The van der Waals surface area contributed by atoms with E-state index in [1.54, 1.807) is 21.3 Å². The number of rotatable bonds is 7. The van der Waals surface area contributed by atoms with Crippen LogP contribution in [-0.4, -0.2) is 34.1 Å². The van der Waals surface area contributed by atoms with Crippen LogP contribution in [0.2, 0.25) is 0 Å². The van der Waals surface area contributed by atoms with Crippen LogP contribution in [0.1, 0.15) is 22.3 Å². The number of hydrogen-bond acceptors (Lipinski definition) is 6. The Morgan fingerprint density at radius 1 is 0.844 bits per heavy atom. The van der Waals surface area contributed by atoms with Gasteiger partial charge in [-0.2, -0.15) is 0 Å². The van der Waals surface area contributed by atoms with Crippen LogP contribution in [0.3, 0.4) is 0 Å². The van der Waals surface area contributed by atoms with E-state index in [1.165, 1.54) is 5.56 Å². The van der Waals surface area contributed by atoms with E-state index >= 15 is 0 Å². The molecule has 0 saturated carbocycles. The van der Waals surface area contributed by atoms with Gasteiger partial charge in [0.15, 0.2) is 34.5 Å². The Labute approximate surface area is 188 Å². The second kappa shape index (κ2) is 9.22. The van der Waals surface area contributed by atoms with Crippen LogP contribution in [0, 0.1) is 13.8 Å². The quantitative estimate of drug-likeness (QED) is 0.340. The van der Waals surface area contributed by atoms with Crippen molar-refractivity contribution in [2.24, 2.45) is 4.99 Å². The molecule has 0 radical (unpaired) electrons. The van der Waals surface area contributed by atoms with Gasteiger partial charge in [0.25, 0.3) is 0 Å². The number of aliphatic imine (C=N–C) groups is 1. The summed E-state index contributed by atoms with van der Waals surface area (Å²) in [5, 5.41) is 0. The van der Waals surface area contributed by atoms with Crippen molar-refractivity contribution >= 4 is 6.21 Å². The molecule has 0 fully saturated rings. The maximum Gasteiger partial charge on any atom is 0.203 e. The summed E-state index contributed by atoms with van der Waals surface area (Å²) in [5.74, 6) is 4.82. The van der Waals surface area contributed by atoms with Crippen molar-refractivity contribution in [1.29, 1.82) is 0 Å². The lowest BCUT2D eigenvalue weighted by Crippen LogP contribution is -2.05. The molecule has 0 N–H and O–H groups in total. The third-order valence-corrected chi connectivity index (χ3v) is 5.49. The fourth-order valence-electron chi connectivity index (χ4n) is 3.81. The number of aryl methyl sites for hydroxylation is 1. The Kier molecular flexibility index (Phi) is 6.21. The van der Waals surface area contributed by atoms with Gasteiger partial charge in [-0.05, 0) is 66.8 Å². The third kappa shape index (κ3) is 4.08. The fourth-order valence-corrected chi connectivity index (χ4v) is 3.81. The van der Waals surface area contributed by atoms with E-state index in [4.69, 9.17) is 23.7 Å². The van der Waals surface area contributed by atoms with Gasteiger partial charge in [-0.15, -0.1) is 0 Å². The highest BCUT2D eigenvalue weighted by Crippen LogP contribution is 2.49. The molecule has 0 spiro atoms. The standard InChI is InChI=1S/C26H27NO5/c1-16-12-19(17(2)25-24(16)31-20-8-6-7-9-21(20)32-25)10-11-27-15-18-13-22(28-3)26(30-5)23(14-18)29-4/h6-9,12-15H,10-11H2,1-5H3. The summed E-state index contributed by atoms with van der Waals surface area (Å²) in [6, 6.07) is 13.6. The number of benzene rings is 3. The molecule has 0 amide bonds. The average molecular weight is 434 g/mol. The van der Waals surface area contributed by atoms with Crippen molar-refractivity contribution in [1.82, 2.24) is 0 Å². The number of fused-ring (bicyclic) bond motifs is 2. The monoisotopic (exact) mass is 433 g/mol. The van der Waals surface area contributed by atoms with Crippen molar-refractivity contribution < 1.29 is 23.7 Å². The number of methoxy groups -OCH3 is 3. The Morgan fingerprint density at radius 3 is 2.06 bits per heavy atom. The minimum Gasteiger partial charge on any atom is -0.493 e. The largest absolute Gasteiger partial charge is 0.493 e. The molecule has 0 atom stereocenters. The number of hydrogen-bond donors (Lipinski definition) is 0. The van der Waals surface area contributed by atoms with Crippen LogP contribution in [0.25, 0.3) is 0 Å². The Morgan fingerprint density at radius 2 is 1.47 bits per heavy atom. The van der Waals surface area contributed by atoms with Gasteiger partial charge in [-0.3, -0.25) is 4.99 Å². The van der Waals surface area contributed by atoms with Gasteiger partial charge in [0, 0.05) is 12.8 Å². The van der Waals surface area contributed by atoms with Crippen molar-refractivity contribution in [3.8, 4) is 40.2 Å². The summed E-state index contributed by atoms with van der Waals surface area (Å²) >= 11 is 0. The molecule has 0 bridgehead atoms. The van der Waals surface area contributed by atoms with Crippen LogP contribution in [0.4, 0.5) is 0 Å². The third-order valence-electron chi connectivity index (χ3n) is 5.49. The molecule has 0 aromatic heterocycles. The Balaban J connectivity index is 1.51. The lowest BCUT2D eigenvalue weighted by Gasteiger charge is -2.25. The molecule has 32 heavy (non-hydrogen) atoms. The lowest BCUT2D eigenvalue weighted by molar-refractivity contribution is 0.324. The molecule has 4 rings (SSSR count). The van der Waals surface area contributed by atoms with Gasteiger partial charge < -0.3 is 23.7 Å². The zero-order valence-electron chi connectivity index (χ0n) is 19.0. The van der Waals surface area contributed by atoms with Gasteiger partial charge in [0.2, 0.25) is 5.75 Å². The maximum absolute atomic E-state index is 6.18. The molecule has 3 aromatic rings. The first-order valence-corrected chi connectivity index (χ1v) is 10.4. The predicted octanol–water partition coefficient (Wildman–Crippen LogP) is 5.89. The highest BCUT2D eigenvalue weighted by atomic mass is 16.6. The fraction of sp³-hybridized carbons (Fsp3) is 0.269. The van der Waals surface area contributed by atoms with Gasteiger partial charge in [0.05, 0.1) is 21.3 Å².